The highest BCUT2D eigenvalue weighted by Crippen LogP contribution is 2.52. The molecule has 0 unspecified atom stereocenters. The summed E-state index contributed by atoms with van der Waals surface area (Å²) in [7, 11) is 0. The largest absolute Gasteiger partial charge is 0.332 e. The number of thioether (sulfide) groups is 2. The Morgan fingerprint density at radius 3 is 2.15 bits per heavy atom. The number of rotatable bonds is 3. The lowest BCUT2D eigenvalue weighted by atomic mass is 10.3. The van der Waals surface area contributed by atoms with Crippen LogP contribution < -0.4 is 0 Å². The number of aromatic nitrogens is 2. The van der Waals surface area contributed by atoms with E-state index in [1.54, 1.807) is 0 Å². The quantitative estimate of drug-likeness (QED) is 0.434. The number of nitrogens with zero attached hydrogens (tertiary/aromatic N) is 6. The lowest BCUT2D eigenvalue weighted by Crippen LogP contribution is -2.34. The number of terminal acetylenes is 1. The lowest BCUT2D eigenvalue weighted by molar-refractivity contribution is -0.122. The zero-order valence-electron chi connectivity index (χ0n) is 13.8. The number of imide groups is 1. The third-order valence-electron chi connectivity index (χ3n) is 4.18. The third kappa shape index (κ3) is 2.91. The van der Waals surface area contributed by atoms with Crippen molar-refractivity contribution >= 4 is 35.5 Å². The molecule has 10 heteroatoms. The summed E-state index contributed by atoms with van der Waals surface area (Å²) in [4.78, 5) is 36.4. The number of carbonyl (C=O) groups is 2. The van der Waals surface area contributed by atoms with Crippen LogP contribution in [0.25, 0.3) is 0 Å². The fourth-order valence-electron chi connectivity index (χ4n) is 2.71. The van der Waals surface area contributed by atoms with Gasteiger partial charge in [0.2, 0.25) is 0 Å². The van der Waals surface area contributed by atoms with Crippen LogP contribution in [0.3, 0.4) is 0 Å². The first-order valence-corrected chi connectivity index (χ1v) is 9.59. The Balaban J connectivity index is 1.75. The SMILES string of the molecule is C#CCN1C(=O)C(=C2Sc3nc(C#N)c(C#N)nc3S2)N(CC2CC2)C1=O. The van der Waals surface area contributed by atoms with Gasteiger partial charge in [0.15, 0.2) is 11.4 Å². The van der Waals surface area contributed by atoms with Gasteiger partial charge in [-0.25, -0.2) is 19.7 Å². The van der Waals surface area contributed by atoms with Crippen molar-refractivity contribution in [2.24, 2.45) is 5.92 Å². The number of nitriles is 2. The maximum atomic E-state index is 12.8. The van der Waals surface area contributed by atoms with Gasteiger partial charge in [-0.2, -0.15) is 10.5 Å². The molecule has 3 amide bonds. The molecule has 8 nitrogen and oxygen atoms in total. The molecule has 132 valence electrons. The zero-order valence-corrected chi connectivity index (χ0v) is 15.4. The topological polar surface area (TPSA) is 114 Å². The van der Waals surface area contributed by atoms with Crippen molar-refractivity contribution in [3.8, 4) is 24.5 Å². The fraction of sp³-hybridized carbons (Fsp3) is 0.294. The lowest BCUT2D eigenvalue weighted by Gasteiger charge is -2.16. The van der Waals surface area contributed by atoms with E-state index in [0.717, 1.165) is 17.7 Å². The summed E-state index contributed by atoms with van der Waals surface area (Å²) < 4.78 is 0.558. The van der Waals surface area contributed by atoms with E-state index < -0.39 is 11.9 Å². The maximum absolute atomic E-state index is 12.8. The molecule has 2 fully saturated rings. The first kappa shape index (κ1) is 17.4. The Hall–Kier alpha value is -3.00. The molecular formula is C17H10N6O2S2. The van der Waals surface area contributed by atoms with Crippen LogP contribution in [0.2, 0.25) is 0 Å². The van der Waals surface area contributed by atoms with Gasteiger partial charge in [-0.15, -0.1) is 6.42 Å². The average Bonchev–Trinajstić information content (AvgIpc) is 3.35. The highest BCUT2D eigenvalue weighted by molar-refractivity contribution is 8.24. The molecule has 3 heterocycles. The van der Waals surface area contributed by atoms with E-state index in [1.165, 1.54) is 28.4 Å². The second-order valence-corrected chi connectivity index (χ2v) is 8.28. The number of amides is 3. The Morgan fingerprint density at radius 1 is 1.07 bits per heavy atom. The molecular weight excluding hydrogens is 384 g/mol. The Labute approximate surface area is 163 Å². The van der Waals surface area contributed by atoms with Gasteiger partial charge in [-0.3, -0.25) is 9.69 Å². The average molecular weight is 394 g/mol. The molecule has 27 heavy (non-hydrogen) atoms. The van der Waals surface area contributed by atoms with Gasteiger partial charge >= 0.3 is 6.03 Å². The number of hydrogen-bond donors (Lipinski definition) is 0. The third-order valence-corrected chi connectivity index (χ3v) is 6.53. The summed E-state index contributed by atoms with van der Waals surface area (Å²) in [6.45, 7) is 0.376. The molecule has 0 N–H and O–H groups in total. The molecule has 0 spiro atoms. The minimum absolute atomic E-state index is 0.0618. The van der Waals surface area contributed by atoms with Crippen LogP contribution in [0.4, 0.5) is 4.79 Å². The molecule has 0 radical (unpaired) electrons. The van der Waals surface area contributed by atoms with E-state index in [9.17, 15) is 9.59 Å². The Bertz CT molecular complexity index is 996. The molecule has 0 aromatic carbocycles. The van der Waals surface area contributed by atoms with Gasteiger partial charge < -0.3 is 0 Å². The summed E-state index contributed by atoms with van der Waals surface area (Å²) in [6.07, 6.45) is 7.35. The number of fused-ring (bicyclic) bond motifs is 1. The van der Waals surface area contributed by atoms with Crippen LogP contribution in [-0.2, 0) is 4.79 Å². The molecule has 3 aliphatic rings. The second-order valence-electron chi connectivity index (χ2n) is 6.03. The minimum Gasteiger partial charge on any atom is -0.287 e. The summed E-state index contributed by atoms with van der Waals surface area (Å²) in [6, 6.07) is 3.28. The van der Waals surface area contributed by atoms with E-state index in [-0.39, 0.29) is 23.6 Å². The molecule has 0 bridgehead atoms. The summed E-state index contributed by atoms with van der Waals surface area (Å²) in [5, 5.41) is 19.1. The maximum Gasteiger partial charge on any atom is 0.332 e. The monoisotopic (exact) mass is 394 g/mol. The van der Waals surface area contributed by atoms with E-state index in [1.807, 2.05) is 12.1 Å². The van der Waals surface area contributed by atoms with Crippen LogP contribution >= 0.6 is 23.5 Å². The molecule has 1 saturated carbocycles. The summed E-state index contributed by atoms with van der Waals surface area (Å²) in [5.41, 5.74) is 0.149. The van der Waals surface area contributed by atoms with E-state index in [2.05, 4.69) is 15.9 Å². The van der Waals surface area contributed by atoms with Crippen molar-refractivity contribution in [2.75, 3.05) is 13.1 Å². The molecule has 1 aliphatic carbocycles. The second kappa shape index (κ2) is 6.62. The van der Waals surface area contributed by atoms with Crippen molar-refractivity contribution in [1.82, 2.24) is 19.8 Å². The van der Waals surface area contributed by atoms with Gasteiger partial charge in [0.25, 0.3) is 5.91 Å². The molecule has 0 atom stereocenters. The molecule has 1 aromatic rings. The van der Waals surface area contributed by atoms with E-state index in [0.29, 0.717) is 26.8 Å². The predicted octanol–water partition coefficient (Wildman–Crippen LogP) is 1.89. The van der Waals surface area contributed by atoms with Crippen molar-refractivity contribution in [2.45, 2.75) is 22.9 Å². The highest BCUT2D eigenvalue weighted by atomic mass is 32.2. The number of urea groups is 1. The predicted molar refractivity (Wildman–Crippen MR) is 95.6 cm³/mol. The molecule has 4 rings (SSSR count). The van der Waals surface area contributed by atoms with Gasteiger partial charge in [0.1, 0.15) is 27.9 Å². The summed E-state index contributed by atoms with van der Waals surface area (Å²) >= 11 is 2.35. The zero-order chi connectivity index (χ0) is 19.1. The van der Waals surface area contributed by atoms with E-state index >= 15 is 0 Å². The van der Waals surface area contributed by atoms with Gasteiger partial charge in [0.05, 0.1) is 10.8 Å². The van der Waals surface area contributed by atoms with Gasteiger partial charge in [-0.05, 0) is 18.8 Å². The van der Waals surface area contributed by atoms with Crippen molar-refractivity contribution in [3.63, 3.8) is 0 Å². The standard InChI is InChI=1S/C17H10N6O2S2/c1-2-5-22-15(24)12(23(17(22)25)8-9-3-4-9)16-26-13-14(27-16)21-11(7-19)10(6-18)20-13/h1,9H,3-5,8H2. The molecule has 1 saturated heterocycles. The van der Waals surface area contributed by atoms with Crippen LogP contribution in [0.5, 0.6) is 0 Å². The van der Waals surface area contributed by atoms with Crippen molar-refractivity contribution in [3.05, 3.63) is 21.3 Å². The van der Waals surface area contributed by atoms with Crippen molar-refractivity contribution in [1.29, 1.82) is 10.5 Å². The van der Waals surface area contributed by atoms with Gasteiger partial charge in [-0.1, -0.05) is 29.4 Å². The Kier molecular flexibility index (Phi) is 4.27. The fourth-order valence-corrected chi connectivity index (χ4v) is 5.08. The smallest absolute Gasteiger partial charge is 0.287 e. The molecule has 1 aromatic heterocycles. The van der Waals surface area contributed by atoms with E-state index in [4.69, 9.17) is 16.9 Å². The van der Waals surface area contributed by atoms with Crippen LogP contribution in [-0.4, -0.2) is 44.8 Å². The molecule has 2 aliphatic heterocycles. The first-order valence-electron chi connectivity index (χ1n) is 7.96. The van der Waals surface area contributed by atoms with Gasteiger partial charge in [0, 0.05) is 6.54 Å². The first-order chi connectivity index (χ1) is 13.1. The van der Waals surface area contributed by atoms with Crippen LogP contribution in [0.1, 0.15) is 24.2 Å². The Morgan fingerprint density at radius 2 is 1.67 bits per heavy atom. The minimum atomic E-state index is -0.442. The van der Waals surface area contributed by atoms with Crippen LogP contribution in [0.15, 0.2) is 20.0 Å². The normalized spacial score (nSPS) is 18.4. The number of carbonyl (C=O) groups excluding carboxylic acids is 2. The van der Waals surface area contributed by atoms with Crippen molar-refractivity contribution < 1.29 is 9.59 Å². The van der Waals surface area contributed by atoms with Crippen LogP contribution in [0, 0.1) is 40.9 Å². The number of hydrogen-bond acceptors (Lipinski definition) is 8. The summed E-state index contributed by atoms with van der Waals surface area (Å²) in [5.74, 6) is 2.28. The highest BCUT2D eigenvalue weighted by Gasteiger charge is 2.46.